The third-order valence-electron chi connectivity index (χ3n) is 5.79. The molecule has 0 atom stereocenters. The Balaban J connectivity index is 1.39. The molecule has 2 aromatic rings. The number of piperazine rings is 1. The molecule has 2 aromatic carbocycles. The first-order valence-electron chi connectivity index (χ1n) is 11.6. The maximum atomic E-state index is 12.8. The Morgan fingerprint density at radius 3 is 2.21 bits per heavy atom. The fourth-order valence-electron chi connectivity index (χ4n) is 3.89. The van der Waals surface area contributed by atoms with Crippen LogP contribution in [0, 0.1) is 11.3 Å². The molecule has 8 nitrogen and oxygen atoms in total. The highest BCUT2D eigenvalue weighted by Crippen LogP contribution is 2.16. The summed E-state index contributed by atoms with van der Waals surface area (Å²) in [6.45, 7) is 3.43. The van der Waals surface area contributed by atoms with Gasteiger partial charge in [0.25, 0.3) is 0 Å². The molecule has 1 aliphatic rings. The standard InChI is InChI=1S/C26H31N5O3/c27-14-7-15-31(23-10-5-2-6-11-23)26(34)13-12-25(33)30-18-16-29(17-19-30)21-24(32)28-20-22-8-3-1-4-9-22/h1-6,8-11H,7,12-13,15-21H2,(H,28,32). The molecule has 1 aliphatic heterocycles. The Morgan fingerprint density at radius 1 is 0.912 bits per heavy atom. The van der Waals surface area contributed by atoms with E-state index in [-0.39, 0.29) is 37.0 Å². The second kappa shape index (κ2) is 13.1. The fourth-order valence-corrected chi connectivity index (χ4v) is 3.89. The van der Waals surface area contributed by atoms with Gasteiger partial charge in [0.05, 0.1) is 19.0 Å². The first-order chi connectivity index (χ1) is 16.6. The highest BCUT2D eigenvalue weighted by Gasteiger charge is 2.24. The highest BCUT2D eigenvalue weighted by atomic mass is 16.2. The molecule has 0 saturated carbocycles. The lowest BCUT2D eigenvalue weighted by Gasteiger charge is -2.34. The summed E-state index contributed by atoms with van der Waals surface area (Å²) in [6, 6.07) is 21.0. The van der Waals surface area contributed by atoms with Crippen molar-refractivity contribution in [2.24, 2.45) is 0 Å². The van der Waals surface area contributed by atoms with Crippen molar-refractivity contribution in [1.82, 2.24) is 15.1 Å². The van der Waals surface area contributed by atoms with E-state index in [1.165, 1.54) is 0 Å². The summed E-state index contributed by atoms with van der Waals surface area (Å²) in [5, 5.41) is 11.8. The molecular weight excluding hydrogens is 430 g/mol. The van der Waals surface area contributed by atoms with Gasteiger partial charge in [-0.15, -0.1) is 0 Å². The minimum Gasteiger partial charge on any atom is -0.351 e. The number of nitriles is 1. The van der Waals surface area contributed by atoms with Crippen molar-refractivity contribution in [3.63, 3.8) is 0 Å². The van der Waals surface area contributed by atoms with Crippen LogP contribution in [0.5, 0.6) is 0 Å². The van der Waals surface area contributed by atoms with Gasteiger partial charge in [-0.25, -0.2) is 0 Å². The molecule has 1 fully saturated rings. The first kappa shape index (κ1) is 24.9. The van der Waals surface area contributed by atoms with Crippen molar-refractivity contribution in [3.05, 3.63) is 66.2 Å². The fraction of sp³-hybridized carbons (Fsp3) is 0.385. The summed E-state index contributed by atoms with van der Waals surface area (Å²) < 4.78 is 0. The predicted molar refractivity (Wildman–Crippen MR) is 130 cm³/mol. The number of para-hydroxylation sites is 1. The molecule has 0 unspecified atom stereocenters. The van der Waals surface area contributed by atoms with E-state index in [1.54, 1.807) is 9.80 Å². The van der Waals surface area contributed by atoms with Crippen LogP contribution in [-0.2, 0) is 20.9 Å². The Morgan fingerprint density at radius 2 is 1.56 bits per heavy atom. The molecule has 178 valence electrons. The smallest absolute Gasteiger partial charge is 0.234 e. The van der Waals surface area contributed by atoms with Gasteiger partial charge in [0.15, 0.2) is 0 Å². The predicted octanol–water partition coefficient (Wildman–Crippen LogP) is 2.17. The molecule has 0 aromatic heterocycles. The zero-order valence-electron chi connectivity index (χ0n) is 19.4. The van der Waals surface area contributed by atoms with E-state index in [2.05, 4.69) is 11.4 Å². The maximum absolute atomic E-state index is 12.8. The number of carbonyl (C=O) groups excluding carboxylic acids is 3. The van der Waals surface area contributed by atoms with Crippen molar-refractivity contribution in [3.8, 4) is 6.07 Å². The van der Waals surface area contributed by atoms with E-state index >= 15 is 0 Å². The summed E-state index contributed by atoms with van der Waals surface area (Å²) in [7, 11) is 0. The van der Waals surface area contributed by atoms with Crippen LogP contribution in [0.4, 0.5) is 5.69 Å². The van der Waals surface area contributed by atoms with Crippen LogP contribution < -0.4 is 10.2 Å². The molecule has 1 heterocycles. The van der Waals surface area contributed by atoms with Gasteiger partial charge in [0, 0.05) is 57.8 Å². The van der Waals surface area contributed by atoms with E-state index in [4.69, 9.17) is 5.26 Å². The van der Waals surface area contributed by atoms with Gasteiger partial charge >= 0.3 is 0 Å². The van der Waals surface area contributed by atoms with Crippen LogP contribution in [0.1, 0.15) is 24.8 Å². The van der Waals surface area contributed by atoms with Crippen molar-refractivity contribution in [1.29, 1.82) is 5.26 Å². The van der Waals surface area contributed by atoms with Gasteiger partial charge in [-0.1, -0.05) is 48.5 Å². The Labute approximate surface area is 200 Å². The summed E-state index contributed by atoms with van der Waals surface area (Å²) >= 11 is 0. The Bertz CT molecular complexity index is 983. The topological polar surface area (TPSA) is 96.8 Å². The second-order valence-electron chi connectivity index (χ2n) is 8.21. The summed E-state index contributed by atoms with van der Waals surface area (Å²) in [5.74, 6) is -0.258. The van der Waals surface area contributed by atoms with Crippen LogP contribution >= 0.6 is 0 Å². The molecule has 8 heteroatoms. The van der Waals surface area contributed by atoms with Gasteiger partial charge in [0.2, 0.25) is 17.7 Å². The van der Waals surface area contributed by atoms with Crippen LogP contribution in [0.25, 0.3) is 0 Å². The third-order valence-corrected chi connectivity index (χ3v) is 5.79. The number of hydrogen-bond donors (Lipinski definition) is 1. The van der Waals surface area contributed by atoms with E-state index in [0.717, 1.165) is 11.3 Å². The average Bonchev–Trinajstić information content (AvgIpc) is 2.88. The average molecular weight is 462 g/mol. The van der Waals surface area contributed by atoms with Gasteiger partial charge < -0.3 is 15.1 Å². The lowest BCUT2D eigenvalue weighted by atomic mass is 10.2. The number of carbonyl (C=O) groups is 3. The number of nitrogens with zero attached hydrogens (tertiary/aromatic N) is 4. The normalized spacial score (nSPS) is 13.7. The number of anilines is 1. The van der Waals surface area contributed by atoms with E-state index < -0.39 is 0 Å². The van der Waals surface area contributed by atoms with Crippen LogP contribution in [-0.4, -0.2) is 66.8 Å². The van der Waals surface area contributed by atoms with Gasteiger partial charge in [-0.2, -0.15) is 5.26 Å². The molecule has 3 rings (SSSR count). The largest absolute Gasteiger partial charge is 0.351 e. The summed E-state index contributed by atoms with van der Waals surface area (Å²) in [4.78, 5) is 43.0. The van der Waals surface area contributed by atoms with Crippen LogP contribution in [0.2, 0.25) is 0 Å². The van der Waals surface area contributed by atoms with Gasteiger partial charge in [-0.3, -0.25) is 19.3 Å². The summed E-state index contributed by atoms with van der Waals surface area (Å²) in [6.07, 6.45) is 0.461. The zero-order valence-corrected chi connectivity index (χ0v) is 19.4. The molecule has 1 saturated heterocycles. The third kappa shape index (κ3) is 7.71. The molecule has 0 aliphatic carbocycles. The second-order valence-corrected chi connectivity index (χ2v) is 8.21. The molecular formula is C26H31N5O3. The zero-order chi connectivity index (χ0) is 24.2. The monoisotopic (exact) mass is 461 g/mol. The number of hydrogen-bond acceptors (Lipinski definition) is 5. The maximum Gasteiger partial charge on any atom is 0.234 e. The van der Waals surface area contributed by atoms with Crippen LogP contribution in [0.15, 0.2) is 60.7 Å². The van der Waals surface area contributed by atoms with Crippen molar-refractivity contribution < 1.29 is 14.4 Å². The minimum atomic E-state index is -0.163. The highest BCUT2D eigenvalue weighted by molar-refractivity contribution is 5.95. The molecule has 1 N–H and O–H groups in total. The van der Waals surface area contributed by atoms with Gasteiger partial charge in [0.1, 0.15) is 0 Å². The minimum absolute atomic E-state index is 0.0346. The SMILES string of the molecule is N#CCCN(C(=O)CCC(=O)N1CCN(CC(=O)NCc2ccccc2)CC1)c1ccccc1. The van der Waals surface area contributed by atoms with Crippen molar-refractivity contribution in [2.45, 2.75) is 25.8 Å². The molecule has 0 bridgehead atoms. The molecule has 34 heavy (non-hydrogen) atoms. The Hall–Kier alpha value is -3.70. The molecule has 0 spiro atoms. The molecule has 3 amide bonds. The van der Waals surface area contributed by atoms with Crippen molar-refractivity contribution in [2.75, 3.05) is 44.2 Å². The van der Waals surface area contributed by atoms with E-state index in [1.807, 2.05) is 65.6 Å². The van der Waals surface area contributed by atoms with Crippen molar-refractivity contribution >= 4 is 23.4 Å². The first-order valence-corrected chi connectivity index (χ1v) is 11.6. The number of nitrogens with one attached hydrogen (secondary N) is 1. The number of benzene rings is 2. The van der Waals surface area contributed by atoms with E-state index in [9.17, 15) is 14.4 Å². The lowest BCUT2D eigenvalue weighted by molar-refractivity contribution is -0.135. The van der Waals surface area contributed by atoms with Gasteiger partial charge in [-0.05, 0) is 17.7 Å². The van der Waals surface area contributed by atoms with E-state index in [0.29, 0.717) is 45.8 Å². The lowest BCUT2D eigenvalue weighted by Crippen LogP contribution is -2.51. The quantitative estimate of drug-likeness (QED) is 0.585. The van der Waals surface area contributed by atoms with Crippen LogP contribution in [0.3, 0.4) is 0 Å². The number of amides is 3. The number of rotatable bonds is 10. The molecule has 0 radical (unpaired) electrons. The summed E-state index contributed by atoms with van der Waals surface area (Å²) in [5.41, 5.74) is 1.79. The Kier molecular flexibility index (Phi) is 9.62.